The zero-order valence-electron chi connectivity index (χ0n) is 18.7. The molecule has 0 amide bonds. The van der Waals surface area contributed by atoms with Crippen molar-refractivity contribution in [2.75, 3.05) is 0 Å². The van der Waals surface area contributed by atoms with Crippen LogP contribution >= 0.6 is 0 Å². The normalized spacial score (nSPS) is 10.9. The van der Waals surface area contributed by atoms with Gasteiger partial charge < -0.3 is 10.2 Å². The minimum atomic E-state index is -0.202. The van der Waals surface area contributed by atoms with Crippen molar-refractivity contribution in [3.8, 4) is 0 Å². The number of aliphatic hydroxyl groups excluding tert-OH is 2. The van der Waals surface area contributed by atoms with E-state index in [1.165, 1.54) is 12.2 Å². The van der Waals surface area contributed by atoms with E-state index < -0.39 is 0 Å². The first-order chi connectivity index (χ1) is 16.5. The monoisotopic (exact) mass is 507 g/mol. The van der Waals surface area contributed by atoms with Crippen molar-refractivity contribution in [1.29, 1.82) is 0 Å². The molecule has 0 aromatic heterocycles. The van der Waals surface area contributed by atoms with Crippen molar-refractivity contribution in [3.05, 3.63) is 156 Å². The van der Waals surface area contributed by atoms with Crippen molar-refractivity contribution < 1.29 is 36.6 Å². The molecule has 177 valence electrons. The van der Waals surface area contributed by atoms with E-state index >= 15 is 0 Å². The van der Waals surface area contributed by atoms with Crippen LogP contribution in [0.25, 0.3) is 11.5 Å². The maximum absolute atomic E-state index is 11.8. The molecular formula is C30H24CoO4. The molecule has 0 aliphatic heterocycles. The van der Waals surface area contributed by atoms with Gasteiger partial charge in [-0.3, -0.25) is 9.59 Å². The van der Waals surface area contributed by atoms with E-state index in [0.717, 1.165) is 0 Å². The van der Waals surface area contributed by atoms with E-state index in [0.29, 0.717) is 22.3 Å². The average molecular weight is 507 g/mol. The van der Waals surface area contributed by atoms with Gasteiger partial charge in [0.2, 0.25) is 0 Å². The number of carbonyl (C=O) groups is 2. The van der Waals surface area contributed by atoms with Crippen molar-refractivity contribution in [2.45, 2.75) is 0 Å². The Balaban J connectivity index is 0.000000240. The first kappa shape index (κ1) is 27.1. The molecule has 0 spiro atoms. The van der Waals surface area contributed by atoms with Crippen molar-refractivity contribution in [1.82, 2.24) is 0 Å². The van der Waals surface area contributed by atoms with Gasteiger partial charge in [0.25, 0.3) is 0 Å². The Morgan fingerprint density at radius 3 is 0.914 bits per heavy atom. The molecule has 0 atom stereocenters. The van der Waals surface area contributed by atoms with Gasteiger partial charge in [0.05, 0.1) is 0 Å². The van der Waals surface area contributed by atoms with E-state index in [9.17, 15) is 19.8 Å². The molecule has 4 aromatic rings. The summed E-state index contributed by atoms with van der Waals surface area (Å²) in [5.41, 5.74) is 2.40. The van der Waals surface area contributed by atoms with Crippen LogP contribution in [0.4, 0.5) is 0 Å². The summed E-state index contributed by atoms with van der Waals surface area (Å²) in [6.45, 7) is 0. The quantitative estimate of drug-likeness (QED) is 0.169. The second-order valence-electron chi connectivity index (χ2n) is 7.25. The predicted molar refractivity (Wildman–Crippen MR) is 136 cm³/mol. The summed E-state index contributed by atoms with van der Waals surface area (Å²) in [7, 11) is 0. The molecule has 4 rings (SSSR count). The fourth-order valence-electron chi connectivity index (χ4n) is 3.00. The molecule has 0 fully saturated rings. The smallest absolute Gasteiger partial charge is 0.189 e. The number of hydrogen-bond donors (Lipinski definition) is 2. The molecule has 0 aliphatic rings. The van der Waals surface area contributed by atoms with E-state index in [2.05, 4.69) is 0 Å². The molecule has 4 aromatic carbocycles. The van der Waals surface area contributed by atoms with Crippen LogP contribution in [0.15, 0.2) is 133 Å². The molecule has 4 nitrogen and oxygen atoms in total. The summed E-state index contributed by atoms with van der Waals surface area (Å²) in [6, 6.07) is 35.7. The van der Waals surface area contributed by atoms with Gasteiger partial charge >= 0.3 is 0 Å². The fraction of sp³-hybridized carbons (Fsp3) is 0. The standard InChI is InChI=1S/2C15H12O2.Co/c2*16-14(12-7-3-1-4-8-12)11-15(17)13-9-5-2-6-10-13;/h2*1-11,16H;/b2*14-11-;. The van der Waals surface area contributed by atoms with E-state index in [1.807, 2.05) is 48.5 Å². The van der Waals surface area contributed by atoms with Gasteiger partial charge in [0, 0.05) is 51.2 Å². The third kappa shape index (κ3) is 8.59. The van der Waals surface area contributed by atoms with Crippen LogP contribution in [0.5, 0.6) is 0 Å². The zero-order chi connectivity index (χ0) is 24.2. The molecule has 35 heavy (non-hydrogen) atoms. The minimum absolute atomic E-state index is 0. The number of benzene rings is 4. The van der Waals surface area contributed by atoms with Crippen molar-refractivity contribution >= 4 is 23.1 Å². The molecule has 0 saturated carbocycles. The fourth-order valence-corrected chi connectivity index (χ4v) is 3.00. The van der Waals surface area contributed by atoms with Crippen LogP contribution < -0.4 is 0 Å². The molecule has 2 N–H and O–H groups in total. The van der Waals surface area contributed by atoms with Gasteiger partial charge in [-0.25, -0.2) is 0 Å². The van der Waals surface area contributed by atoms with Crippen LogP contribution in [0, 0.1) is 0 Å². The zero-order valence-corrected chi connectivity index (χ0v) is 19.8. The molecule has 5 heteroatoms. The van der Waals surface area contributed by atoms with Crippen LogP contribution in [-0.4, -0.2) is 21.8 Å². The van der Waals surface area contributed by atoms with Crippen LogP contribution in [0.2, 0.25) is 0 Å². The van der Waals surface area contributed by atoms with Crippen LogP contribution in [0.3, 0.4) is 0 Å². The van der Waals surface area contributed by atoms with E-state index in [4.69, 9.17) is 0 Å². The Bertz CT molecular complexity index is 1160. The van der Waals surface area contributed by atoms with Gasteiger partial charge in [-0.2, -0.15) is 0 Å². The second-order valence-corrected chi connectivity index (χ2v) is 7.25. The van der Waals surface area contributed by atoms with E-state index in [-0.39, 0.29) is 39.9 Å². The Morgan fingerprint density at radius 2 is 0.657 bits per heavy atom. The second kappa shape index (κ2) is 14.2. The van der Waals surface area contributed by atoms with Gasteiger partial charge in [0.15, 0.2) is 11.6 Å². The molecule has 0 heterocycles. The molecular weight excluding hydrogens is 483 g/mol. The molecule has 1 radical (unpaired) electrons. The first-order valence-corrected chi connectivity index (χ1v) is 10.7. The molecule has 0 aliphatic carbocycles. The number of rotatable bonds is 6. The summed E-state index contributed by atoms with van der Waals surface area (Å²) in [5, 5.41) is 19.6. The SMILES string of the molecule is O=C(/C=C(\O)c1ccccc1)c1ccccc1.O=C(/C=C(\O)c1ccccc1)c1ccccc1.[Co]. The minimum Gasteiger partial charge on any atom is -0.507 e. The Hall–Kier alpha value is -4.19. The summed E-state index contributed by atoms with van der Waals surface area (Å²) >= 11 is 0. The van der Waals surface area contributed by atoms with Gasteiger partial charge in [-0.1, -0.05) is 121 Å². The summed E-state index contributed by atoms with van der Waals surface area (Å²) in [4.78, 5) is 23.6. The topological polar surface area (TPSA) is 74.6 Å². The van der Waals surface area contributed by atoms with Crippen molar-refractivity contribution in [2.24, 2.45) is 0 Å². The van der Waals surface area contributed by atoms with Crippen LogP contribution in [-0.2, 0) is 16.8 Å². The summed E-state index contributed by atoms with van der Waals surface area (Å²) in [5.74, 6) is -0.433. The molecule has 0 saturated heterocycles. The largest absolute Gasteiger partial charge is 0.507 e. The van der Waals surface area contributed by atoms with Gasteiger partial charge in [-0.15, -0.1) is 0 Å². The molecule has 0 bridgehead atoms. The molecule has 0 unspecified atom stereocenters. The van der Waals surface area contributed by atoms with Crippen LogP contribution in [0.1, 0.15) is 31.8 Å². The number of aliphatic hydroxyl groups is 2. The Kier molecular flexibility index (Phi) is 10.9. The Morgan fingerprint density at radius 1 is 0.429 bits per heavy atom. The van der Waals surface area contributed by atoms with E-state index in [1.54, 1.807) is 72.8 Å². The summed E-state index contributed by atoms with van der Waals surface area (Å²) in [6.07, 6.45) is 2.48. The number of hydrogen-bond acceptors (Lipinski definition) is 4. The predicted octanol–water partition coefficient (Wildman–Crippen LogP) is 6.93. The number of ketones is 2. The number of allylic oxidation sites excluding steroid dienone is 2. The maximum Gasteiger partial charge on any atom is 0.189 e. The maximum atomic E-state index is 11.8. The average Bonchev–Trinajstić information content (AvgIpc) is 2.91. The summed E-state index contributed by atoms with van der Waals surface area (Å²) < 4.78 is 0. The number of carbonyl (C=O) groups excluding carboxylic acids is 2. The van der Waals surface area contributed by atoms with Gasteiger partial charge in [-0.05, 0) is 0 Å². The first-order valence-electron chi connectivity index (χ1n) is 10.7. The Labute approximate surface area is 215 Å². The third-order valence-electron chi connectivity index (χ3n) is 4.79. The van der Waals surface area contributed by atoms with Gasteiger partial charge in [0.1, 0.15) is 11.5 Å². The van der Waals surface area contributed by atoms with Crippen molar-refractivity contribution in [3.63, 3.8) is 0 Å². The third-order valence-corrected chi connectivity index (χ3v) is 4.79.